The Bertz CT molecular complexity index is 1300. The molecule has 0 atom stereocenters. The molecule has 1 amide bonds. The number of amides is 1. The second kappa shape index (κ2) is 14.6. The summed E-state index contributed by atoms with van der Waals surface area (Å²) < 4.78 is 2.19. The van der Waals surface area contributed by atoms with Crippen LogP contribution in [0.25, 0.3) is 11.0 Å². The summed E-state index contributed by atoms with van der Waals surface area (Å²) in [6.45, 7) is 5.30. The Morgan fingerprint density at radius 3 is 2.08 bits per heavy atom. The molecule has 11 heteroatoms. The average Bonchev–Trinajstić information content (AvgIpc) is 3.29. The van der Waals surface area contributed by atoms with E-state index in [9.17, 15) is 29.4 Å². The van der Waals surface area contributed by atoms with Crippen molar-refractivity contribution in [2.24, 2.45) is 0 Å². The van der Waals surface area contributed by atoms with Gasteiger partial charge < -0.3 is 29.7 Å². The summed E-state index contributed by atoms with van der Waals surface area (Å²) in [5, 5.41) is 21.5. The van der Waals surface area contributed by atoms with Crippen molar-refractivity contribution >= 4 is 34.7 Å². The zero-order valence-corrected chi connectivity index (χ0v) is 21.7. The zero-order chi connectivity index (χ0) is 28.2. The average molecular weight is 534 g/mol. The number of aliphatic carboxylic acids is 2. The predicted octanol–water partition coefficient (Wildman–Crippen LogP) is -0.785. The van der Waals surface area contributed by atoms with Crippen molar-refractivity contribution in [3.63, 3.8) is 0 Å². The largest absolute Gasteiger partial charge is 0.545 e. The third-order valence-corrected chi connectivity index (χ3v) is 6.22. The van der Waals surface area contributed by atoms with Crippen LogP contribution < -0.4 is 15.5 Å². The Morgan fingerprint density at radius 1 is 0.872 bits per heavy atom. The molecule has 1 N–H and O–H groups in total. The number of carboxylic acid groups (broad SMARTS) is 2. The Hall–Kier alpha value is -4.35. The number of rotatable bonds is 10. The first-order chi connectivity index (χ1) is 18.8. The van der Waals surface area contributed by atoms with Gasteiger partial charge in [-0.1, -0.05) is 42.5 Å². The van der Waals surface area contributed by atoms with Gasteiger partial charge in [0.25, 0.3) is 0 Å². The van der Waals surface area contributed by atoms with Crippen LogP contribution in [0.15, 0.2) is 66.7 Å². The van der Waals surface area contributed by atoms with E-state index in [0.29, 0.717) is 31.7 Å². The molecule has 1 saturated heterocycles. The van der Waals surface area contributed by atoms with Gasteiger partial charge in [0.05, 0.1) is 36.1 Å². The molecule has 1 fully saturated rings. The molecular weight excluding hydrogens is 502 g/mol. The maximum Gasteiger partial charge on any atom is 0.233 e. The molecule has 4 rings (SSSR count). The summed E-state index contributed by atoms with van der Waals surface area (Å²) in [4.78, 5) is 52.5. The highest BCUT2D eigenvalue weighted by atomic mass is 16.4. The number of aryl methyl sites for hydroxylation is 1. The maximum absolute atomic E-state index is 12.6. The van der Waals surface area contributed by atoms with E-state index in [4.69, 9.17) is 4.98 Å². The van der Waals surface area contributed by atoms with Crippen molar-refractivity contribution < 1.29 is 29.4 Å². The summed E-state index contributed by atoms with van der Waals surface area (Å²) >= 11 is 0. The number of nitrogens with one attached hydrogen (secondary N) is 1. The molecule has 1 aliphatic heterocycles. The van der Waals surface area contributed by atoms with Gasteiger partial charge in [0, 0.05) is 51.8 Å². The third-order valence-electron chi connectivity index (χ3n) is 6.22. The number of carboxylic acids is 2. The fourth-order valence-electron chi connectivity index (χ4n) is 4.20. The van der Waals surface area contributed by atoms with Crippen LogP contribution in [0, 0.1) is 0 Å². The van der Waals surface area contributed by atoms with Gasteiger partial charge in [0.15, 0.2) is 5.78 Å². The van der Waals surface area contributed by atoms with Crippen LogP contribution in [0.5, 0.6) is 0 Å². The minimum atomic E-state index is -1.55. The number of hydrogen-bond acceptors (Lipinski definition) is 9. The van der Waals surface area contributed by atoms with Crippen molar-refractivity contribution in [3.8, 4) is 0 Å². The van der Waals surface area contributed by atoms with Crippen LogP contribution in [-0.4, -0.2) is 82.8 Å². The molecule has 2 aromatic carbocycles. The Kier molecular flexibility index (Phi) is 10.9. The lowest BCUT2D eigenvalue weighted by molar-refractivity contribution is -0.301. The van der Waals surface area contributed by atoms with E-state index in [1.165, 1.54) is 0 Å². The number of imidazole rings is 1. The lowest BCUT2D eigenvalue weighted by Gasteiger charge is -2.34. The third kappa shape index (κ3) is 9.16. The van der Waals surface area contributed by atoms with Crippen LogP contribution in [0.4, 0.5) is 0 Å². The molecular formula is C28H31N5O6-2. The molecule has 0 saturated carbocycles. The molecule has 0 radical (unpaired) electrons. The normalized spacial score (nSPS) is 14.1. The fraction of sp³-hybridized carbons (Fsp3) is 0.321. The summed E-state index contributed by atoms with van der Waals surface area (Å²) in [7, 11) is 1.67. The van der Waals surface area contributed by atoms with Crippen LogP contribution in [0.2, 0.25) is 0 Å². The first-order valence-electron chi connectivity index (χ1n) is 12.5. The van der Waals surface area contributed by atoms with Crippen molar-refractivity contribution in [1.29, 1.82) is 0 Å². The number of likely N-dealkylation sites (N-methyl/N-ethyl adjacent to an activating group) is 1. The highest BCUT2D eigenvalue weighted by molar-refractivity contribution is 5.96. The SMILES string of the molecule is CNC(=O)CN1CCN(Cc2nc3ccccc3n2CCC(=O)c2ccccc2)CC1.O=C([O-])C=CC(=O)[O-]. The Labute approximate surface area is 226 Å². The molecule has 0 aliphatic carbocycles. The fourth-order valence-corrected chi connectivity index (χ4v) is 4.20. The summed E-state index contributed by atoms with van der Waals surface area (Å²) in [5.74, 6) is -1.91. The second-order valence-electron chi connectivity index (χ2n) is 8.90. The maximum atomic E-state index is 12.6. The van der Waals surface area contributed by atoms with E-state index in [2.05, 4.69) is 25.8 Å². The first-order valence-corrected chi connectivity index (χ1v) is 12.5. The molecule has 0 bridgehead atoms. The number of benzene rings is 2. The Morgan fingerprint density at radius 2 is 1.46 bits per heavy atom. The van der Waals surface area contributed by atoms with Gasteiger partial charge in [-0.3, -0.25) is 19.4 Å². The van der Waals surface area contributed by atoms with Crippen molar-refractivity contribution in [2.75, 3.05) is 39.8 Å². The van der Waals surface area contributed by atoms with Crippen LogP contribution >= 0.6 is 0 Å². The van der Waals surface area contributed by atoms with Gasteiger partial charge in [-0.15, -0.1) is 0 Å². The van der Waals surface area contributed by atoms with Crippen LogP contribution in [0.3, 0.4) is 0 Å². The van der Waals surface area contributed by atoms with E-state index in [-0.39, 0.29) is 11.7 Å². The number of para-hydroxylation sites is 2. The quantitative estimate of drug-likeness (QED) is 0.261. The van der Waals surface area contributed by atoms with Crippen molar-refractivity contribution in [3.05, 3.63) is 78.1 Å². The van der Waals surface area contributed by atoms with Crippen LogP contribution in [0.1, 0.15) is 22.6 Å². The standard InChI is InChI=1S/C24H29N5O2.C4H4O4/c1-25-24(31)18-28-15-13-27(14-16-28)17-23-26-20-9-5-6-10-21(20)29(23)12-11-22(30)19-7-3-2-4-8-19;5-3(6)1-2-4(7)8/h2-10H,11-18H2,1H3,(H,25,31);1-2H,(H,5,6)(H,7,8)/p-2. The molecule has 0 spiro atoms. The lowest BCUT2D eigenvalue weighted by Crippen LogP contribution is -2.49. The van der Waals surface area contributed by atoms with Gasteiger partial charge in [0.2, 0.25) is 5.91 Å². The number of carbonyl (C=O) groups excluding carboxylic acids is 4. The van der Waals surface area contributed by atoms with Gasteiger partial charge >= 0.3 is 0 Å². The van der Waals surface area contributed by atoms with E-state index in [1.54, 1.807) is 7.05 Å². The zero-order valence-electron chi connectivity index (χ0n) is 21.7. The smallest absolute Gasteiger partial charge is 0.233 e. The second-order valence-corrected chi connectivity index (χ2v) is 8.90. The van der Waals surface area contributed by atoms with E-state index < -0.39 is 11.9 Å². The van der Waals surface area contributed by atoms with Crippen molar-refractivity contribution in [2.45, 2.75) is 19.5 Å². The monoisotopic (exact) mass is 533 g/mol. The molecule has 2 heterocycles. The molecule has 1 aromatic heterocycles. The number of carbonyl (C=O) groups is 4. The van der Waals surface area contributed by atoms with Crippen LogP contribution in [-0.2, 0) is 27.5 Å². The number of ketones is 1. The molecule has 0 unspecified atom stereocenters. The van der Waals surface area contributed by atoms with Crippen molar-refractivity contribution in [1.82, 2.24) is 24.7 Å². The highest BCUT2D eigenvalue weighted by Gasteiger charge is 2.21. The van der Waals surface area contributed by atoms with Gasteiger partial charge in [-0.25, -0.2) is 4.98 Å². The number of hydrogen-bond donors (Lipinski definition) is 1. The number of Topliss-reactive ketones (excluding diaryl/α,β-unsaturated/α-hetero) is 1. The summed E-state index contributed by atoms with van der Waals surface area (Å²) in [6.07, 6.45) is 1.21. The van der Waals surface area contributed by atoms with E-state index in [1.807, 2.05) is 48.5 Å². The van der Waals surface area contributed by atoms with Gasteiger partial charge in [-0.05, 0) is 24.3 Å². The number of nitrogens with zero attached hydrogens (tertiary/aromatic N) is 4. The summed E-state index contributed by atoms with van der Waals surface area (Å²) in [6, 6.07) is 17.6. The molecule has 11 nitrogen and oxygen atoms in total. The van der Waals surface area contributed by atoms with Gasteiger partial charge in [-0.2, -0.15) is 0 Å². The number of piperazine rings is 1. The minimum Gasteiger partial charge on any atom is -0.545 e. The lowest BCUT2D eigenvalue weighted by atomic mass is 10.1. The first kappa shape index (κ1) is 29.2. The predicted molar refractivity (Wildman–Crippen MR) is 140 cm³/mol. The molecule has 206 valence electrons. The molecule has 1 aliphatic rings. The highest BCUT2D eigenvalue weighted by Crippen LogP contribution is 2.19. The number of fused-ring (bicyclic) bond motifs is 1. The van der Waals surface area contributed by atoms with Gasteiger partial charge in [0.1, 0.15) is 5.82 Å². The minimum absolute atomic E-state index is 0.0540. The summed E-state index contributed by atoms with van der Waals surface area (Å²) in [5.41, 5.74) is 2.78. The molecule has 3 aromatic rings. The van der Waals surface area contributed by atoms with E-state index in [0.717, 1.165) is 55.1 Å². The topological polar surface area (TPSA) is 151 Å². The van der Waals surface area contributed by atoms with E-state index >= 15 is 0 Å². The molecule has 39 heavy (non-hydrogen) atoms. The Balaban J connectivity index is 0.000000459. The number of aromatic nitrogens is 2.